The normalized spacial score (nSPS) is 27.9. The van der Waals surface area contributed by atoms with Crippen LogP contribution in [0, 0.1) is 5.92 Å². The lowest BCUT2D eigenvalue weighted by atomic mass is 9.81. The van der Waals surface area contributed by atoms with E-state index in [1.807, 2.05) is 0 Å². The fourth-order valence-corrected chi connectivity index (χ4v) is 3.37. The summed E-state index contributed by atoms with van der Waals surface area (Å²) < 4.78 is 5.70. The van der Waals surface area contributed by atoms with E-state index in [4.69, 9.17) is 9.84 Å². The Morgan fingerprint density at radius 2 is 1.81 bits per heavy atom. The average Bonchev–Trinajstić information content (AvgIpc) is 2.97. The molecular formula is C16H19NO4. The van der Waals surface area contributed by atoms with Gasteiger partial charge >= 0.3 is 5.97 Å². The van der Waals surface area contributed by atoms with E-state index in [9.17, 15) is 9.59 Å². The average molecular weight is 289 g/mol. The summed E-state index contributed by atoms with van der Waals surface area (Å²) in [6.07, 6.45) is 4.45. The molecule has 1 saturated carbocycles. The highest BCUT2D eigenvalue weighted by Crippen LogP contribution is 2.34. The van der Waals surface area contributed by atoms with E-state index >= 15 is 0 Å². The van der Waals surface area contributed by atoms with Gasteiger partial charge in [0.2, 0.25) is 0 Å². The van der Waals surface area contributed by atoms with Gasteiger partial charge in [0.15, 0.2) is 0 Å². The van der Waals surface area contributed by atoms with E-state index < -0.39 is 5.97 Å². The summed E-state index contributed by atoms with van der Waals surface area (Å²) in [6, 6.07) is 6.20. The van der Waals surface area contributed by atoms with Crippen molar-refractivity contribution in [1.29, 1.82) is 0 Å². The molecule has 5 heteroatoms. The zero-order valence-corrected chi connectivity index (χ0v) is 11.7. The van der Waals surface area contributed by atoms with Gasteiger partial charge in [-0.05, 0) is 49.9 Å². The van der Waals surface area contributed by atoms with Crippen molar-refractivity contribution in [1.82, 2.24) is 5.32 Å². The molecule has 2 N–H and O–H groups in total. The van der Waals surface area contributed by atoms with Crippen molar-refractivity contribution in [3.63, 3.8) is 0 Å². The van der Waals surface area contributed by atoms with Crippen molar-refractivity contribution >= 4 is 11.9 Å². The Bertz CT molecular complexity index is 540. The Labute approximate surface area is 123 Å². The number of rotatable bonds is 3. The molecule has 5 nitrogen and oxygen atoms in total. The first-order valence-corrected chi connectivity index (χ1v) is 7.41. The lowest BCUT2D eigenvalue weighted by Crippen LogP contribution is -2.45. The van der Waals surface area contributed by atoms with Crippen LogP contribution in [0.2, 0.25) is 0 Å². The summed E-state index contributed by atoms with van der Waals surface area (Å²) in [6.45, 7) is 0.787. The molecule has 0 radical (unpaired) electrons. The number of carbonyl (C=O) groups excluding carboxylic acids is 1. The van der Waals surface area contributed by atoms with Crippen LogP contribution in [0.4, 0.5) is 0 Å². The first-order chi connectivity index (χ1) is 10.1. The van der Waals surface area contributed by atoms with E-state index in [-0.39, 0.29) is 17.5 Å². The van der Waals surface area contributed by atoms with Crippen molar-refractivity contribution in [3.05, 3.63) is 35.4 Å². The molecular weight excluding hydrogens is 270 g/mol. The van der Waals surface area contributed by atoms with Crippen LogP contribution < -0.4 is 5.32 Å². The largest absolute Gasteiger partial charge is 0.478 e. The second-order valence-electron chi connectivity index (χ2n) is 5.76. The molecule has 3 rings (SSSR count). The van der Waals surface area contributed by atoms with Gasteiger partial charge < -0.3 is 15.2 Å². The first kappa shape index (κ1) is 14.1. The van der Waals surface area contributed by atoms with Gasteiger partial charge in [-0.25, -0.2) is 4.79 Å². The molecule has 2 fully saturated rings. The second kappa shape index (κ2) is 5.85. The number of carboxylic acid groups (broad SMARTS) is 1. The highest BCUT2D eigenvalue weighted by atomic mass is 16.5. The molecule has 1 aromatic carbocycles. The number of benzene rings is 1. The van der Waals surface area contributed by atoms with Crippen molar-refractivity contribution in [2.75, 3.05) is 6.61 Å². The summed E-state index contributed by atoms with van der Waals surface area (Å²) in [5.41, 5.74) is 0.689. The van der Waals surface area contributed by atoms with Crippen molar-refractivity contribution in [3.8, 4) is 0 Å². The van der Waals surface area contributed by atoms with Gasteiger partial charge in [0.25, 0.3) is 5.91 Å². The van der Waals surface area contributed by atoms with Gasteiger partial charge in [0.05, 0.1) is 11.7 Å². The van der Waals surface area contributed by atoms with Gasteiger partial charge in [-0.2, -0.15) is 0 Å². The molecule has 1 heterocycles. The van der Waals surface area contributed by atoms with Crippen molar-refractivity contribution in [2.45, 2.75) is 37.8 Å². The van der Waals surface area contributed by atoms with E-state index in [1.54, 1.807) is 12.1 Å². The quantitative estimate of drug-likeness (QED) is 0.893. The minimum Gasteiger partial charge on any atom is -0.478 e. The number of hydrogen-bond donors (Lipinski definition) is 2. The third kappa shape index (κ3) is 2.93. The van der Waals surface area contributed by atoms with Crippen molar-refractivity contribution in [2.24, 2.45) is 5.92 Å². The molecule has 0 spiro atoms. The zero-order valence-electron chi connectivity index (χ0n) is 11.7. The van der Waals surface area contributed by atoms with Crippen LogP contribution >= 0.6 is 0 Å². The molecule has 21 heavy (non-hydrogen) atoms. The fourth-order valence-electron chi connectivity index (χ4n) is 3.37. The number of ether oxygens (including phenoxy) is 1. The van der Waals surface area contributed by atoms with E-state index in [1.165, 1.54) is 12.1 Å². The monoisotopic (exact) mass is 289 g/mol. The number of carboxylic acids is 1. The number of hydrogen-bond acceptors (Lipinski definition) is 3. The standard InChI is InChI=1S/C16H19NO4/c18-15(10-4-6-11(7-5-10)16(19)20)17-13-2-1-3-14-12(13)8-9-21-14/h4-7,12-14H,1-3,8-9H2,(H,17,18)(H,19,20)/t12-,13-,14-/m1/s1. The summed E-state index contributed by atoms with van der Waals surface area (Å²) in [4.78, 5) is 23.1. The SMILES string of the molecule is O=C(O)c1ccc(C(=O)N[C@@H]2CCC[C@H]3OCC[C@H]23)cc1. The molecule has 1 amide bonds. The summed E-state index contributed by atoms with van der Waals surface area (Å²) in [7, 11) is 0. The highest BCUT2D eigenvalue weighted by molar-refractivity contribution is 5.96. The van der Waals surface area contributed by atoms with Crippen molar-refractivity contribution < 1.29 is 19.4 Å². The number of amides is 1. The Kier molecular flexibility index (Phi) is 3.92. The van der Waals surface area contributed by atoms with Gasteiger partial charge in [0.1, 0.15) is 0 Å². The smallest absolute Gasteiger partial charge is 0.335 e. The van der Waals surface area contributed by atoms with E-state index in [0.29, 0.717) is 17.6 Å². The molecule has 112 valence electrons. The maximum absolute atomic E-state index is 12.3. The van der Waals surface area contributed by atoms with Gasteiger partial charge in [-0.3, -0.25) is 4.79 Å². The molecule has 0 bridgehead atoms. The Hall–Kier alpha value is -1.88. The second-order valence-corrected chi connectivity index (χ2v) is 5.76. The molecule has 2 aliphatic rings. The lowest BCUT2D eigenvalue weighted by molar-refractivity contribution is 0.0510. The van der Waals surface area contributed by atoms with E-state index in [2.05, 4.69) is 5.32 Å². The first-order valence-electron chi connectivity index (χ1n) is 7.41. The topological polar surface area (TPSA) is 75.6 Å². The molecule has 1 aromatic rings. The third-order valence-corrected chi connectivity index (χ3v) is 4.49. The van der Waals surface area contributed by atoms with Crippen LogP contribution in [-0.2, 0) is 4.74 Å². The summed E-state index contributed by atoms with van der Waals surface area (Å²) >= 11 is 0. The Balaban J connectivity index is 1.66. The Morgan fingerprint density at radius 1 is 1.10 bits per heavy atom. The van der Waals surface area contributed by atoms with Crippen LogP contribution in [0.1, 0.15) is 46.4 Å². The minimum atomic E-state index is -0.986. The Morgan fingerprint density at radius 3 is 2.52 bits per heavy atom. The number of fused-ring (bicyclic) bond motifs is 1. The highest BCUT2D eigenvalue weighted by Gasteiger charge is 2.38. The van der Waals surface area contributed by atoms with Crippen LogP contribution in [0.3, 0.4) is 0 Å². The number of nitrogens with one attached hydrogen (secondary N) is 1. The van der Waals surface area contributed by atoms with Crippen LogP contribution in [-0.4, -0.2) is 35.7 Å². The summed E-state index contributed by atoms with van der Waals surface area (Å²) in [5.74, 6) is -0.703. The molecule has 0 unspecified atom stereocenters. The van der Waals surface area contributed by atoms with Gasteiger partial charge in [-0.1, -0.05) is 0 Å². The molecule has 0 aromatic heterocycles. The minimum absolute atomic E-state index is 0.135. The molecule has 1 aliphatic carbocycles. The third-order valence-electron chi connectivity index (χ3n) is 4.49. The number of carbonyl (C=O) groups is 2. The molecule has 1 saturated heterocycles. The molecule has 3 atom stereocenters. The maximum atomic E-state index is 12.3. The van der Waals surface area contributed by atoms with Gasteiger partial charge in [-0.15, -0.1) is 0 Å². The van der Waals surface area contributed by atoms with Gasteiger partial charge in [0, 0.05) is 24.1 Å². The predicted octanol–water partition coefficient (Wildman–Crippen LogP) is 2.07. The van der Waals surface area contributed by atoms with Crippen LogP contribution in [0.25, 0.3) is 0 Å². The van der Waals surface area contributed by atoms with Crippen LogP contribution in [0.15, 0.2) is 24.3 Å². The maximum Gasteiger partial charge on any atom is 0.335 e. The predicted molar refractivity (Wildman–Crippen MR) is 76.4 cm³/mol. The molecule has 1 aliphatic heterocycles. The van der Waals surface area contributed by atoms with E-state index in [0.717, 1.165) is 32.3 Å². The summed E-state index contributed by atoms with van der Waals surface area (Å²) in [5, 5.41) is 12.0. The number of aromatic carboxylic acids is 1. The fraction of sp³-hybridized carbons (Fsp3) is 0.500. The zero-order chi connectivity index (χ0) is 14.8. The lowest BCUT2D eigenvalue weighted by Gasteiger charge is -2.33. The van der Waals surface area contributed by atoms with Crippen LogP contribution in [0.5, 0.6) is 0 Å².